The Morgan fingerprint density at radius 3 is 2.76 bits per heavy atom. The topological polar surface area (TPSA) is 29.5 Å². The summed E-state index contributed by atoms with van der Waals surface area (Å²) in [5.74, 6) is 0.922. The van der Waals surface area contributed by atoms with E-state index in [-0.39, 0.29) is 5.91 Å². The number of methoxy groups -OCH3 is 1. The first-order chi connectivity index (χ1) is 8.13. The second-order valence-corrected chi connectivity index (χ2v) is 3.80. The van der Waals surface area contributed by atoms with E-state index in [0.29, 0.717) is 6.42 Å². The van der Waals surface area contributed by atoms with Crippen molar-refractivity contribution in [3.63, 3.8) is 0 Å². The van der Waals surface area contributed by atoms with E-state index in [0.717, 1.165) is 23.4 Å². The van der Waals surface area contributed by atoms with Crippen molar-refractivity contribution >= 4 is 11.6 Å². The Bertz CT molecular complexity index is 413. The summed E-state index contributed by atoms with van der Waals surface area (Å²) in [5, 5.41) is 0. The Balaban J connectivity index is 3.06. The van der Waals surface area contributed by atoms with Gasteiger partial charge in [0.05, 0.1) is 7.11 Å². The molecule has 0 aliphatic rings. The highest BCUT2D eigenvalue weighted by Gasteiger charge is 2.10. The predicted molar refractivity (Wildman–Crippen MR) is 70.6 cm³/mol. The maximum absolute atomic E-state index is 11.6. The summed E-state index contributed by atoms with van der Waals surface area (Å²) in [6, 6.07) is 5.74. The van der Waals surface area contributed by atoms with Gasteiger partial charge in [0.2, 0.25) is 5.91 Å². The molecule has 0 spiro atoms. The van der Waals surface area contributed by atoms with Crippen LogP contribution in [0.3, 0.4) is 0 Å². The zero-order chi connectivity index (χ0) is 12.8. The molecule has 0 saturated carbocycles. The van der Waals surface area contributed by atoms with E-state index in [2.05, 4.69) is 6.58 Å². The third-order valence-electron chi connectivity index (χ3n) is 2.69. The molecule has 92 valence electrons. The van der Waals surface area contributed by atoms with Gasteiger partial charge >= 0.3 is 0 Å². The minimum Gasteiger partial charge on any atom is -0.496 e. The fourth-order valence-electron chi connectivity index (χ4n) is 1.67. The van der Waals surface area contributed by atoms with Gasteiger partial charge in [-0.1, -0.05) is 13.0 Å². The molecular formula is C14H19NO2. The van der Waals surface area contributed by atoms with Crippen LogP contribution in [-0.2, 0) is 11.2 Å². The smallest absolute Gasteiger partial charge is 0.226 e. The molecule has 0 radical (unpaired) electrons. The van der Waals surface area contributed by atoms with Crippen molar-refractivity contribution in [3.8, 4) is 5.75 Å². The number of amides is 1. The molecule has 1 aromatic carbocycles. The number of anilines is 1. The number of carbonyl (C=O) groups is 1. The van der Waals surface area contributed by atoms with Crippen LogP contribution in [0.4, 0.5) is 5.69 Å². The summed E-state index contributed by atoms with van der Waals surface area (Å²) in [7, 11) is 3.42. The highest BCUT2D eigenvalue weighted by Crippen LogP contribution is 2.25. The SMILES string of the molecule is C=CCc1cc(N(C)C(=O)CC)ccc1OC. The van der Waals surface area contributed by atoms with Crippen molar-refractivity contribution < 1.29 is 9.53 Å². The number of allylic oxidation sites excluding steroid dienone is 1. The van der Waals surface area contributed by atoms with Crippen molar-refractivity contribution in [2.75, 3.05) is 19.1 Å². The monoisotopic (exact) mass is 233 g/mol. The molecule has 3 nitrogen and oxygen atoms in total. The highest BCUT2D eigenvalue weighted by molar-refractivity contribution is 5.92. The van der Waals surface area contributed by atoms with Gasteiger partial charge in [0.25, 0.3) is 0 Å². The number of nitrogens with zero attached hydrogens (tertiary/aromatic N) is 1. The number of hydrogen-bond acceptors (Lipinski definition) is 2. The average molecular weight is 233 g/mol. The first-order valence-corrected chi connectivity index (χ1v) is 5.68. The lowest BCUT2D eigenvalue weighted by atomic mass is 10.1. The van der Waals surface area contributed by atoms with Crippen LogP contribution in [0.1, 0.15) is 18.9 Å². The standard InChI is InChI=1S/C14H19NO2/c1-5-7-11-10-12(8-9-13(11)17-4)15(3)14(16)6-2/h5,8-10H,1,6-7H2,2-4H3. The van der Waals surface area contributed by atoms with Gasteiger partial charge in [0.1, 0.15) is 5.75 Å². The molecule has 0 atom stereocenters. The van der Waals surface area contributed by atoms with Crippen molar-refractivity contribution in [1.82, 2.24) is 0 Å². The van der Waals surface area contributed by atoms with Crippen LogP contribution in [0.25, 0.3) is 0 Å². The summed E-state index contributed by atoms with van der Waals surface area (Å²) >= 11 is 0. The van der Waals surface area contributed by atoms with Crippen LogP contribution in [-0.4, -0.2) is 20.1 Å². The van der Waals surface area contributed by atoms with E-state index in [1.54, 1.807) is 19.1 Å². The lowest BCUT2D eigenvalue weighted by Gasteiger charge is -2.18. The van der Waals surface area contributed by atoms with Crippen molar-refractivity contribution in [3.05, 3.63) is 36.4 Å². The van der Waals surface area contributed by atoms with Crippen molar-refractivity contribution in [2.24, 2.45) is 0 Å². The van der Waals surface area contributed by atoms with Gasteiger partial charge < -0.3 is 9.64 Å². The van der Waals surface area contributed by atoms with E-state index < -0.39 is 0 Å². The summed E-state index contributed by atoms with van der Waals surface area (Å²) in [6.07, 6.45) is 3.05. The van der Waals surface area contributed by atoms with Crippen LogP contribution in [0, 0.1) is 0 Å². The Hall–Kier alpha value is -1.77. The van der Waals surface area contributed by atoms with E-state index in [1.807, 2.05) is 31.2 Å². The van der Waals surface area contributed by atoms with Crippen LogP contribution >= 0.6 is 0 Å². The highest BCUT2D eigenvalue weighted by atomic mass is 16.5. The van der Waals surface area contributed by atoms with Gasteiger partial charge in [-0.15, -0.1) is 6.58 Å². The summed E-state index contributed by atoms with van der Waals surface area (Å²) in [6.45, 7) is 5.58. The maximum Gasteiger partial charge on any atom is 0.226 e. The normalized spacial score (nSPS) is 9.82. The zero-order valence-electron chi connectivity index (χ0n) is 10.7. The molecule has 17 heavy (non-hydrogen) atoms. The average Bonchev–Trinajstić information content (AvgIpc) is 2.37. The van der Waals surface area contributed by atoms with Crippen LogP contribution in [0.15, 0.2) is 30.9 Å². The Labute approximate surface area is 103 Å². The molecule has 1 rings (SSSR count). The van der Waals surface area contributed by atoms with E-state index in [4.69, 9.17) is 4.74 Å². The number of hydrogen-bond donors (Lipinski definition) is 0. The molecule has 0 aliphatic carbocycles. The van der Waals surface area contributed by atoms with Gasteiger partial charge in [0.15, 0.2) is 0 Å². The summed E-state index contributed by atoms with van der Waals surface area (Å²) in [4.78, 5) is 13.3. The predicted octanol–water partition coefficient (Wildman–Crippen LogP) is 2.80. The molecule has 0 heterocycles. The van der Waals surface area contributed by atoms with E-state index in [9.17, 15) is 4.79 Å². The molecular weight excluding hydrogens is 214 g/mol. The zero-order valence-corrected chi connectivity index (χ0v) is 10.7. The van der Waals surface area contributed by atoms with Gasteiger partial charge in [-0.05, 0) is 30.2 Å². The Morgan fingerprint density at radius 2 is 2.24 bits per heavy atom. The molecule has 0 fully saturated rings. The quantitative estimate of drug-likeness (QED) is 0.732. The van der Waals surface area contributed by atoms with E-state index in [1.165, 1.54) is 0 Å². The molecule has 0 bridgehead atoms. The number of carbonyl (C=O) groups excluding carboxylic acids is 1. The number of ether oxygens (including phenoxy) is 1. The van der Waals surface area contributed by atoms with E-state index >= 15 is 0 Å². The minimum atomic E-state index is 0.0970. The number of rotatable bonds is 5. The fourth-order valence-corrected chi connectivity index (χ4v) is 1.67. The Morgan fingerprint density at radius 1 is 1.53 bits per heavy atom. The largest absolute Gasteiger partial charge is 0.496 e. The minimum absolute atomic E-state index is 0.0970. The van der Waals surface area contributed by atoms with Crippen LogP contribution in [0.5, 0.6) is 5.75 Å². The third kappa shape index (κ3) is 3.09. The second-order valence-electron chi connectivity index (χ2n) is 3.80. The summed E-state index contributed by atoms with van der Waals surface area (Å²) in [5.41, 5.74) is 1.92. The maximum atomic E-state index is 11.6. The van der Waals surface area contributed by atoms with Crippen LogP contribution < -0.4 is 9.64 Å². The van der Waals surface area contributed by atoms with Gasteiger partial charge in [-0.25, -0.2) is 0 Å². The first-order valence-electron chi connectivity index (χ1n) is 5.68. The second kappa shape index (κ2) is 6.09. The fraction of sp³-hybridized carbons (Fsp3) is 0.357. The molecule has 0 aliphatic heterocycles. The third-order valence-corrected chi connectivity index (χ3v) is 2.69. The lowest BCUT2D eigenvalue weighted by Crippen LogP contribution is -2.25. The summed E-state index contributed by atoms with van der Waals surface area (Å²) < 4.78 is 5.27. The molecule has 3 heteroatoms. The van der Waals surface area contributed by atoms with Crippen molar-refractivity contribution in [1.29, 1.82) is 0 Å². The molecule has 0 aromatic heterocycles. The van der Waals surface area contributed by atoms with Crippen molar-refractivity contribution in [2.45, 2.75) is 19.8 Å². The molecule has 1 aromatic rings. The van der Waals surface area contributed by atoms with Gasteiger partial charge in [0, 0.05) is 19.2 Å². The molecule has 0 unspecified atom stereocenters. The number of benzene rings is 1. The molecule has 0 saturated heterocycles. The molecule has 0 N–H and O–H groups in total. The van der Waals surface area contributed by atoms with Crippen LogP contribution in [0.2, 0.25) is 0 Å². The molecule has 1 amide bonds. The lowest BCUT2D eigenvalue weighted by molar-refractivity contribution is -0.118. The van der Waals surface area contributed by atoms with Gasteiger partial charge in [-0.2, -0.15) is 0 Å². The first kappa shape index (κ1) is 13.3. The Kier molecular flexibility index (Phi) is 4.76. The van der Waals surface area contributed by atoms with Gasteiger partial charge in [-0.3, -0.25) is 4.79 Å².